The molecule has 0 radical (unpaired) electrons. The maximum atomic E-state index is 11.9. The second-order valence-corrected chi connectivity index (χ2v) is 8.02. The largest absolute Gasteiger partial charge is 0.379 e. The van der Waals surface area contributed by atoms with E-state index in [1.807, 2.05) is 6.92 Å². The molecule has 0 aliphatic heterocycles. The lowest BCUT2D eigenvalue weighted by molar-refractivity contribution is -0.122. The van der Waals surface area contributed by atoms with Crippen molar-refractivity contribution in [2.45, 2.75) is 59.3 Å². The molecular weight excluding hydrogens is 444 g/mol. The van der Waals surface area contributed by atoms with Crippen LogP contribution >= 0.6 is 0 Å². The first-order valence-corrected chi connectivity index (χ1v) is 12.4. The highest BCUT2D eigenvalue weighted by Gasteiger charge is 2.13. The summed E-state index contributed by atoms with van der Waals surface area (Å²) in [5.74, 6) is 0.495. The second-order valence-electron chi connectivity index (χ2n) is 8.02. The highest BCUT2D eigenvalue weighted by molar-refractivity contribution is 5.81. The van der Waals surface area contributed by atoms with Gasteiger partial charge in [0.1, 0.15) is 17.3 Å². The Labute approximate surface area is 205 Å². The number of carbonyl (C=O) groups excluding carboxylic acids is 3. The Hall–Kier alpha value is -1.23. The van der Waals surface area contributed by atoms with Gasteiger partial charge in [0.15, 0.2) is 0 Å². The number of Topliss-reactive ketones (excluding diaryl/α,β-unsaturated/α-hetero) is 3. The molecule has 34 heavy (non-hydrogen) atoms. The summed E-state index contributed by atoms with van der Waals surface area (Å²) in [6, 6.07) is 0. The van der Waals surface area contributed by atoms with E-state index in [9.17, 15) is 14.4 Å². The van der Waals surface area contributed by atoms with Crippen LogP contribution in [0.1, 0.15) is 59.3 Å². The van der Waals surface area contributed by atoms with E-state index >= 15 is 0 Å². The van der Waals surface area contributed by atoms with E-state index in [0.717, 1.165) is 6.42 Å². The third kappa shape index (κ3) is 23.9. The van der Waals surface area contributed by atoms with Crippen molar-refractivity contribution < 1.29 is 42.8 Å². The Morgan fingerprint density at radius 2 is 0.971 bits per heavy atom. The predicted octanol–water partition coefficient (Wildman–Crippen LogP) is 2.81. The Kier molecular flexibility index (Phi) is 24.0. The van der Waals surface area contributed by atoms with E-state index in [2.05, 4.69) is 0 Å². The van der Waals surface area contributed by atoms with E-state index in [-0.39, 0.29) is 23.3 Å². The second kappa shape index (κ2) is 24.9. The number of rotatable bonds is 27. The molecule has 1 atom stereocenters. The zero-order valence-electron chi connectivity index (χ0n) is 21.5. The molecule has 9 nitrogen and oxygen atoms in total. The molecule has 0 fully saturated rings. The van der Waals surface area contributed by atoms with Crippen LogP contribution in [0.4, 0.5) is 0 Å². The molecule has 0 saturated heterocycles. The van der Waals surface area contributed by atoms with Crippen molar-refractivity contribution >= 4 is 17.3 Å². The smallest absolute Gasteiger partial charge is 0.133 e. The topological polar surface area (TPSA) is 107 Å². The molecule has 0 aliphatic rings. The van der Waals surface area contributed by atoms with Crippen molar-refractivity contribution in [3.05, 3.63) is 0 Å². The van der Waals surface area contributed by atoms with Crippen molar-refractivity contribution in [1.82, 2.24) is 0 Å². The van der Waals surface area contributed by atoms with Crippen LogP contribution in [0.15, 0.2) is 0 Å². The molecule has 0 saturated carbocycles. The molecule has 0 aromatic heterocycles. The number of carbonyl (C=O) groups is 3. The molecular formula is C25H46O9. The number of ether oxygens (including phenoxy) is 6. The minimum Gasteiger partial charge on any atom is -0.379 e. The molecule has 200 valence electrons. The van der Waals surface area contributed by atoms with E-state index in [1.54, 1.807) is 13.8 Å². The Bertz CT molecular complexity index is 511. The molecule has 0 amide bonds. The van der Waals surface area contributed by atoms with Crippen molar-refractivity contribution in [1.29, 1.82) is 0 Å². The Morgan fingerprint density at radius 3 is 1.35 bits per heavy atom. The van der Waals surface area contributed by atoms with Crippen molar-refractivity contribution in [3.8, 4) is 0 Å². The lowest BCUT2D eigenvalue weighted by Crippen LogP contribution is -2.14. The molecule has 0 rings (SSSR count). The number of hydrogen-bond donors (Lipinski definition) is 0. The zero-order valence-corrected chi connectivity index (χ0v) is 21.5. The lowest BCUT2D eigenvalue weighted by atomic mass is 9.94. The van der Waals surface area contributed by atoms with E-state index in [4.69, 9.17) is 28.4 Å². The van der Waals surface area contributed by atoms with Crippen LogP contribution in [0.2, 0.25) is 0 Å². The molecule has 9 heteroatoms. The summed E-state index contributed by atoms with van der Waals surface area (Å²) < 4.78 is 32.3. The summed E-state index contributed by atoms with van der Waals surface area (Å²) in [5.41, 5.74) is 0. The molecule has 0 heterocycles. The number of ketones is 3. The van der Waals surface area contributed by atoms with Crippen molar-refractivity contribution in [3.63, 3.8) is 0 Å². The van der Waals surface area contributed by atoms with Gasteiger partial charge in [0, 0.05) is 31.8 Å². The van der Waals surface area contributed by atoms with Crippen molar-refractivity contribution in [2.24, 2.45) is 5.92 Å². The average Bonchev–Trinajstić information content (AvgIpc) is 2.80. The van der Waals surface area contributed by atoms with Gasteiger partial charge < -0.3 is 28.4 Å². The summed E-state index contributed by atoms with van der Waals surface area (Å²) in [4.78, 5) is 34.0. The fourth-order valence-electron chi connectivity index (χ4n) is 2.94. The van der Waals surface area contributed by atoms with Gasteiger partial charge in [0.05, 0.1) is 72.7 Å². The van der Waals surface area contributed by atoms with Gasteiger partial charge in [-0.1, -0.05) is 6.92 Å². The first kappa shape index (κ1) is 32.8. The summed E-state index contributed by atoms with van der Waals surface area (Å²) in [6.45, 7) is 11.0. The standard InChI is InChI=1S/C25H46O9/c1-4-24(23(3)27)7-8-25(28)6-5-10-29-12-14-31-16-18-33-20-21-34-19-17-32-15-13-30-11-9-22(2)26/h24H,4-21H2,1-3H3/t24-/m0/s1. The van der Waals surface area contributed by atoms with Gasteiger partial charge in [-0.05, 0) is 33.1 Å². The first-order valence-electron chi connectivity index (χ1n) is 12.4. The molecule has 0 aromatic carbocycles. The van der Waals surface area contributed by atoms with Crippen LogP contribution in [0.3, 0.4) is 0 Å². The minimum absolute atomic E-state index is 0.00965. The SMILES string of the molecule is CC[C@@H](CCC(=O)CCCOCCOCCOCCOCCOCCOCCC(C)=O)C(C)=O. The summed E-state index contributed by atoms with van der Waals surface area (Å²) in [5, 5.41) is 0. The zero-order chi connectivity index (χ0) is 25.3. The highest BCUT2D eigenvalue weighted by Crippen LogP contribution is 2.13. The Morgan fingerprint density at radius 1 is 0.559 bits per heavy atom. The van der Waals surface area contributed by atoms with Gasteiger partial charge in [0.2, 0.25) is 0 Å². The predicted molar refractivity (Wildman–Crippen MR) is 128 cm³/mol. The fourth-order valence-corrected chi connectivity index (χ4v) is 2.94. The van der Waals surface area contributed by atoms with E-state index < -0.39 is 0 Å². The fraction of sp³-hybridized carbons (Fsp3) is 0.880. The van der Waals surface area contributed by atoms with Gasteiger partial charge >= 0.3 is 0 Å². The maximum Gasteiger partial charge on any atom is 0.133 e. The quantitative estimate of drug-likeness (QED) is 0.161. The van der Waals surface area contributed by atoms with Crippen molar-refractivity contribution in [2.75, 3.05) is 79.3 Å². The van der Waals surface area contributed by atoms with Crippen LogP contribution in [-0.4, -0.2) is 96.6 Å². The Balaban J connectivity index is 3.21. The van der Waals surface area contributed by atoms with Gasteiger partial charge in [0.25, 0.3) is 0 Å². The molecule has 0 aromatic rings. The summed E-state index contributed by atoms with van der Waals surface area (Å²) >= 11 is 0. The van der Waals surface area contributed by atoms with Crippen LogP contribution < -0.4 is 0 Å². The van der Waals surface area contributed by atoms with Crippen LogP contribution in [0.25, 0.3) is 0 Å². The molecule has 0 aliphatic carbocycles. The van der Waals surface area contributed by atoms with Crippen LogP contribution in [0, 0.1) is 5.92 Å². The summed E-state index contributed by atoms with van der Waals surface area (Å²) in [6.07, 6.45) is 3.55. The van der Waals surface area contributed by atoms with Crippen LogP contribution in [-0.2, 0) is 42.8 Å². The molecule has 0 spiro atoms. The monoisotopic (exact) mass is 490 g/mol. The van der Waals surface area contributed by atoms with E-state index in [0.29, 0.717) is 111 Å². The minimum atomic E-state index is 0.00965. The van der Waals surface area contributed by atoms with Gasteiger partial charge in [-0.25, -0.2) is 0 Å². The molecule has 0 bridgehead atoms. The maximum absolute atomic E-state index is 11.9. The van der Waals surface area contributed by atoms with Gasteiger partial charge in [-0.3, -0.25) is 14.4 Å². The van der Waals surface area contributed by atoms with Crippen LogP contribution in [0.5, 0.6) is 0 Å². The third-order valence-corrected chi connectivity index (χ3v) is 5.04. The normalized spacial score (nSPS) is 12.1. The molecule has 0 N–H and O–H groups in total. The van der Waals surface area contributed by atoms with Gasteiger partial charge in [-0.15, -0.1) is 0 Å². The first-order chi connectivity index (χ1) is 16.5. The van der Waals surface area contributed by atoms with Gasteiger partial charge in [-0.2, -0.15) is 0 Å². The lowest BCUT2D eigenvalue weighted by Gasteiger charge is -2.10. The average molecular weight is 491 g/mol. The summed E-state index contributed by atoms with van der Waals surface area (Å²) in [7, 11) is 0. The van der Waals surface area contributed by atoms with E-state index in [1.165, 1.54) is 0 Å². The third-order valence-electron chi connectivity index (χ3n) is 5.04. The number of hydrogen-bond acceptors (Lipinski definition) is 9. The molecule has 0 unspecified atom stereocenters. The highest BCUT2D eigenvalue weighted by atomic mass is 16.6.